The first-order valence-electron chi connectivity index (χ1n) is 4.84. The van der Waals surface area contributed by atoms with Crippen molar-refractivity contribution in [2.45, 2.75) is 19.8 Å². The highest BCUT2D eigenvalue weighted by Gasteiger charge is 2.06. The number of carbonyl (C=O) groups is 1. The molecule has 1 amide bonds. The van der Waals surface area contributed by atoms with Crippen LogP contribution in [0.2, 0.25) is 10.0 Å². The van der Waals surface area contributed by atoms with Gasteiger partial charge in [-0.2, -0.15) is 0 Å². The maximum atomic E-state index is 11.4. The molecule has 4 heteroatoms. The summed E-state index contributed by atoms with van der Waals surface area (Å²) in [4.78, 5) is 11.4. The molecule has 0 aliphatic heterocycles. The topological polar surface area (TPSA) is 29.1 Å². The van der Waals surface area contributed by atoms with Gasteiger partial charge < -0.3 is 5.32 Å². The zero-order valence-corrected chi connectivity index (χ0v) is 10.0. The Morgan fingerprint density at radius 2 is 2.13 bits per heavy atom. The zero-order chi connectivity index (χ0) is 11.3. The molecule has 0 saturated heterocycles. The summed E-state index contributed by atoms with van der Waals surface area (Å²) in [5.41, 5.74) is 0.801. The zero-order valence-electron chi connectivity index (χ0n) is 8.52. The Morgan fingerprint density at radius 3 is 2.73 bits per heavy atom. The van der Waals surface area contributed by atoms with Crippen molar-refractivity contribution in [1.29, 1.82) is 0 Å². The molecule has 0 saturated carbocycles. The van der Waals surface area contributed by atoms with E-state index >= 15 is 0 Å². The molecule has 0 aromatic heterocycles. The lowest BCUT2D eigenvalue weighted by Crippen LogP contribution is -2.25. The second-order valence-electron chi connectivity index (χ2n) is 3.26. The van der Waals surface area contributed by atoms with Crippen molar-refractivity contribution in [2.75, 3.05) is 6.54 Å². The predicted molar refractivity (Wildman–Crippen MR) is 63.5 cm³/mol. The lowest BCUT2D eigenvalue weighted by molar-refractivity contribution is -0.120. The number of carbonyl (C=O) groups excluding carboxylic acids is 1. The predicted octanol–water partition coefficient (Wildman–Crippen LogP) is 3.06. The molecule has 0 aliphatic rings. The summed E-state index contributed by atoms with van der Waals surface area (Å²) in [6.45, 7) is 2.71. The first-order chi connectivity index (χ1) is 7.13. The molecule has 1 aromatic rings. The third kappa shape index (κ3) is 4.10. The summed E-state index contributed by atoms with van der Waals surface area (Å²) in [6, 6.07) is 5.15. The van der Waals surface area contributed by atoms with Crippen molar-refractivity contribution in [2.24, 2.45) is 0 Å². The van der Waals surface area contributed by atoms with Crippen molar-refractivity contribution in [1.82, 2.24) is 5.32 Å². The van der Waals surface area contributed by atoms with Gasteiger partial charge in [0.05, 0.1) is 6.42 Å². The molecule has 0 aliphatic carbocycles. The van der Waals surface area contributed by atoms with Crippen LogP contribution in [-0.4, -0.2) is 12.5 Å². The summed E-state index contributed by atoms with van der Waals surface area (Å²) in [7, 11) is 0. The molecule has 0 atom stereocenters. The van der Waals surface area contributed by atoms with E-state index < -0.39 is 0 Å². The third-order valence-corrected chi connectivity index (χ3v) is 2.53. The van der Waals surface area contributed by atoms with Crippen LogP contribution in [0.25, 0.3) is 0 Å². The maximum Gasteiger partial charge on any atom is 0.224 e. The van der Waals surface area contributed by atoms with Gasteiger partial charge >= 0.3 is 0 Å². The van der Waals surface area contributed by atoms with Gasteiger partial charge in [0, 0.05) is 16.6 Å². The van der Waals surface area contributed by atoms with Crippen LogP contribution >= 0.6 is 23.2 Å². The molecule has 1 N–H and O–H groups in total. The molecular weight excluding hydrogens is 233 g/mol. The highest BCUT2D eigenvalue weighted by molar-refractivity contribution is 6.35. The molecule has 1 aromatic carbocycles. The molecule has 82 valence electrons. The molecular formula is C11H13Cl2NO. The number of hydrogen-bond donors (Lipinski definition) is 1. The summed E-state index contributed by atoms with van der Waals surface area (Å²) >= 11 is 11.7. The number of halogens is 2. The SMILES string of the molecule is CCCNC(=O)Cc1ccc(Cl)cc1Cl. The van der Waals surface area contributed by atoms with Gasteiger partial charge in [-0.1, -0.05) is 36.2 Å². The van der Waals surface area contributed by atoms with Crippen molar-refractivity contribution >= 4 is 29.1 Å². The molecule has 15 heavy (non-hydrogen) atoms. The highest BCUT2D eigenvalue weighted by Crippen LogP contribution is 2.21. The second kappa shape index (κ2) is 5.99. The molecule has 0 fully saturated rings. The molecule has 2 nitrogen and oxygen atoms in total. The van der Waals surface area contributed by atoms with Crippen LogP contribution in [0.1, 0.15) is 18.9 Å². The lowest BCUT2D eigenvalue weighted by atomic mass is 10.1. The van der Waals surface area contributed by atoms with Gasteiger partial charge in [0.25, 0.3) is 0 Å². The van der Waals surface area contributed by atoms with Gasteiger partial charge in [-0.15, -0.1) is 0 Å². The summed E-state index contributed by atoms with van der Waals surface area (Å²) < 4.78 is 0. The normalized spacial score (nSPS) is 10.1. The van der Waals surface area contributed by atoms with E-state index in [2.05, 4.69) is 5.32 Å². The van der Waals surface area contributed by atoms with E-state index in [0.29, 0.717) is 23.0 Å². The van der Waals surface area contributed by atoms with Crippen LogP contribution in [0.15, 0.2) is 18.2 Å². The van der Waals surface area contributed by atoms with Crippen LogP contribution in [0.4, 0.5) is 0 Å². The van der Waals surface area contributed by atoms with E-state index in [1.54, 1.807) is 18.2 Å². The number of nitrogens with one attached hydrogen (secondary N) is 1. The molecule has 1 rings (SSSR count). The minimum atomic E-state index is -0.0129. The molecule has 0 heterocycles. The Hall–Kier alpha value is -0.730. The third-order valence-electron chi connectivity index (χ3n) is 1.94. The van der Waals surface area contributed by atoms with Crippen LogP contribution in [0.3, 0.4) is 0 Å². The monoisotopic (exact) mass is 245 g/mol. The lowest BCUT2D eigenvalue weighted by Gasteiger charge is -2.05. The first kappa shape index (κ1) is 12.3. The van der Waals surface area contributed by atoms with E-state index in [0.717, 1.165) is 12.0 Å². The van der Waals surface area contributed by atoms with Crippen LogP contribution < -0.4 is 5.32 Å². The second-order valence-corrected chi connectivity index (χ2v) is 4.11. The number of rotatable bonds is 4. The van der Waals surface area contributed by atoms with E-state index in [9.17, 15) is 4.79 Å². The largest absolute Gasteiger partial charge is 0.356 e. The van der Waals surface area contributed by atoms with E-state index in [1.807, 2.05) is 6.92 Å². The minimum Gasteiger partial charge on any atom is -0.356 e. The quantitative estimate of drug-likeness (QED) is 0.869. The van der Waals surface area contributed by atoms with Gasteiger partial charge in [-0.25, -0.2) is 0 Å². The number of benzene rings is 1. The summed E-state index contributed by atoms with van der Waals surface area (Å²) in [5, 5.41) is 3.91. The fraction of sp³-hybridized carbons (Fsp3) is 0.364. The fourth-order valence-electron chi connectivity index (χ4n) is 1.16. The van der Waals surface area contributed by atoms with Gasteiger partial charge in [0.2, 0.25) is 5.91 Å². The standard InChI is InChI=1S/C11H13Cl2NO/c1-2-5-14-11(15)6-8-3-4-9(12)7-10(8)13/h3-4,7H,2,5-6H2,1H3,(H,14,15). The first-order valence-corrected chi connectivity index (χ1v) is 5.59. The average Bonchev–Trinajstić information content (AvgIpc) is 2.19. The average molecular weight is 246 g/mol. The van der Waals surface area contributed by atoms with Crippen LogP contribution in [0, 0.1) is 0 Å². The van der Waals surface area contributed by atoms with Gasteiger partial charge in [-0.3, -0.25) is 4.79 Å². The van der Waals surface area contributed by atoms with Crippen molar-refractivity contribution in [3.05, 3.63) is 33.8 Å². The van der Waals surface area contributed by atoms with Crippen LogP contribution in [-0.2, 0) is 11.2 Å². The van der Waals surface area contributed by atoms with Gasteiger partial charge in [0.1, 0.15) is 0 Å². The van der Waals surface area contributed by atoms with Gasteiger partial charge in [-0.05, 0) is 24.1 Å². The van der Waals surface area contributed by atoms with E-state index in [1.165, 1.54) is 0 Å². The Labute approximate surface area is 99.6 Å². The Morgan fingerprint density at radius 1 is 1.40 bits per heavy atom. The molecule has 0 spiro atoms. The number of amides is 1. The van der Waals surface area contributed by atoms with E-state index in [-0.39, 0.29) is 5.91 Å². The smallest absolute Gasteiger partial charge is 0.224 e. The molecule has 0 unspecified atom stereocenters. The molecule has 0 radical (unpaired) electrons. The Kier molecular flexibility index (Phi) is 4.92. The fourth-order valence-corrected chi connectivity index (χ4v) is 1.64. The van der Waals surface area contributed by atoms with E-state index in [4.69, 9.17) is 23.2 Å². The summed E-state index contributed by atoms with van der Waals surface area (Å²) in [6.07, 6.45) is 1.23. The highest BCUT2D eigenvalue weighted by atomic mass is 35.5. The summed E-state index contributed by atoms with van der Waals surface area (Å²) in [5.74, 6) is -0.0129. The Balaban J connectivity index is 2.60. The Bertz CT molecular complexity index is 352. The van der Waals surface area contributed by atoms with Crippen LogP contribution in [0.5, 0.6) is 0 Å². The molecule has 0 bridgehead atoms. The van der Waals surface area contributed by atoms with Crippen molar-refractivity contribution < 1.29 is 4.79 Å². The van der Waals surface area contributed by atoms with Crippen molar-refractivity contribution in [3.8, 4) is 0 Å². The maximum absolute atomic E-state index is 11.4. The van der Waals surface area contributed by atoms with Gasteiger partial charge in [0.15, 0.2) is 0 Å². The number of hydrogen-bond acceptors (Lipinski definition) is 1. The minimum absolute atomic E-state index is 0.0129. The van der Waals surface area contributed by atoms with Crippen molar-refractivity contribution in [3.63, 3.8) is 0 Å².